The fourth-order valence-corrected chi connectivity index (χ4v) is 1.90. The average Bonchev–Trinajstić information content (AvgIpc) is 2.61. The number of benzene rings is 1. The van der Waals surface area contributed by atoms with Gasteiger partial charge >= 0.3 is 6.01 Å². The molecule has 0 aliphatic rings. The number of aryl methyl sites for hydroxylation is 1. The normalized spacial score (nSPS) is 10.2. The van der Waals surface area contributed by atoms with Crippen LogP contribution in [0, 0.1) is 6.92 Å². The number of hydrogen-bond acceptors (Lipinski definition) is 8. The molecular weight excluding hydrogens is 338 g/mol. The average molecular weight is 353 g/mol. The van der Waals surface area contributed by atoms with E-state index in [-0.39, 0.29) is 24.4 Å². The van der Waals surface area contributed by atoms with Crippen LogP contribution in [-0.4, -0.2) is 32.7 Å². The van der Waals surface area contributed by atoms with E-state index in [1.807, 2.05) is 30.3 Å². The maximum Gasteiger partial charge on any atom is 0.326 e. The summed E-state index contributed by atoms with van der Waals surface area (Å²) in [5.74, 6) is 0.689. The Morgan fingerprint density at radius 2 is 1.69 bits per heavy atom. The minimum Gasteiger partial charge on any atom is -0.466 e. The van der Waals surface area contributed by atoms with E-state index in [2.05, 4.69) is 20.2 Å². The van der Waals surface area contributed by atoms with Crippen LogP contribution in [0.3, 0.4) is 0 Å². The Hall–Kier alpha value is -3.75. The van der Waals surface area contributed by atoms with E-state index < -0.39 is 5.91 Å². The van der Waals surface area contributed by atoms with Crippen molar-refractivity contribution in [2.45, 2.75) is 6.92 Å². The van der Waals surface area contributed by atoms with Gasteiger partial charge in [-0.1, -0.05) is 18.2 Å². The maximum absolute atomic E-state index is 10.7. The second-order valence-electron chi connectivity index (χ2n) is 5.11. The summed E-state index contributed by atoms with van der Waals surface area (Å²) in [6, 6.07) is 14.0. The zero-order chi connectivity index (χ0) is 18.4. The van der Waals surface area contributed by atoms with Gasteiger partial charge in [-0.2, -0.15) is 9.97 Å². The highest BCUT2D eigenvalue weighted by molar-refractivity contribution is 5.75. The molecule has 2 N–H and O–H groups in total. The van der Waals surface area contributed by atoms with E-state index in [0.717, 1.165) is 0 Å². The smallest absolute Gasteiger partial charge is 0.326 e. The topological polar surface area (TPSA) is 122 Å². The first kappa shape index (κ1) is 17.1. The van der Waals surface area contributed by atoms with Gasteiger partial charge in [0, 0.05) is 23.9 Å². The quantitative estimate of drug-likeness (QED) is 0.684. The first-order valence-electron chi connectivity index (χ1n) is 7.60. The lowest BCUT2D eigenvalue weighted by Crippen LogP contribution is -2.20. The summed E-state index contributed by atoms with van der Waals surface area (Å²) in [5.41, 5.74) is 5.65. The molecule has 2 aromatic heterocycles. The van der Waals surface area contributed by atoms with Crippen LogP contribution in [0.4, 0.5) is 0 Å². The number of amides is 1. The number of nitrogens with zero attached hydrogens (tertiary/aromatic N) is 4. The third kappa shape index (κ3) is 4.87. The summed E-state index contributed by atoms with van der Waals surface area (Å²) in [4.78, 5) is 19.0. The summed E-state index contributed by atoms with van der Waals surface area (Å²) in [5, 5.41) is 7.59. The predicted octanol–water partition coefficient (Wildman–Crippen LogP) is 2.02. The van der Waals surface area contributed by atoms with Crippen LogP contribution in [-0.2, 0) is 4.79 Å². The number of primary amides is 1. The van der Waals surface area contributed by atoms with Crippen molar-refractivity contribution in [1.29, 1.82) is 0 Å². The molecule has 0 saturated carbocycles. The molecule has 26 heavy (non-hydrogen) atoms. The molecule has 0 aliphatic carbocycles. The molecule has 9 heteroatoms. The molecule has 0 fully saturated rings. The van der Waals surface area contributed by atoms with Gasteiger partial charge in [-0.3, -0.25) is 4.79 Å². The van der Waals surface area contributed by atoms with Crippen molar-refractivity contribution in [2.24, 2.45) is 5.73 Å². The van der Waals surface area contributed by atoms with Crippen LogP contribution in [0.2, 0.25) is 0 Å². The Bertz CT molecular complexity index is 887. The molecule has 9 nitrogen and oxygen atoms in total. The van der Waals surface area contributed by atoms with Crippen molar-refractivity contribution in [3.63, 3.8) is 0 Å². The van der Waals surface area contributed by atoms with Crippen LogP contribution in [0.25, 0.3) is 0 Å². The SMILES string of the molecule is Cc1cc(Oc2ccccc2)nc(Oc2ccc(OCC(N)=O)nn2)n1. The second-order valence-corrected chi connectivity index (χ2v) is 5.11. The fraction of sp³-hybridized carbons (Fsp3) is 0.118. The zero-order valence-electron chi connectivity index (χ0n) is 13.8. The zero-order valence-corrected chi connectivity index (χ0v) is 13.8. The minimum absolute atomic E-state index is 0.0658. The Morgan fingerprint density at radius 1 is 0.962 bits per heavy atom. The van der Waals surface area contributed by atoms with Crippen molar-refractivity contribution in [1.82, 2.24) is 20.2 Å². The second kappa shape index (κ2) is 7.88. The first-order chi connectivity index (χ1) is 12.6. The predicted molar refractivity (Wildman–Crippen MR) is 90.1 cm³/mol. The molecule has 0 bridgehead atoms. The monoisotopic (exact) mass is 353 g/mol. The van der Waals surface area contributed by atoms with Gasteiger partial charge in [0.05, 0.1) is 0 Å². The Labute approximate surface area is 148 Å². The molecule has 0 saturated heterocycles. The lowest BCUT2D eigenvalue weighted by molar-refractivity contribution is -0.120. The number of carbonyl (C=O) groups excluding carboxylic acids is 1. The Kier molecular flexibility index (Phi) is 5.18. The molecule has 3 rings (SSSR count). The van der Waals surface area contributed by atoms with Gasteiger partial charge in [-0.25, -0.2) is 0 Å². The van der Waals surface area contributed by atoms with Crippen molar-refractivity contribution in [3.05, 3.63) is 54.2 Å². The number of carbonyl (C=O) groups is 1. The third-order valence-corrected chi connectivity index (χ3v) is 2.95. The summed E-state index contributed by atoms with van der Waals surface area (Å²) >= 11 is 0. The Morgan fingerprint density at radius 3 is 2.38 bits per heavy atom. The lowest BCUT2D eigenvalue weighted by atomic mass is 10.3. The van der Waals surface area contributed by atoms with Crippen molar-refractivity contribution < 1.29 is 19.0 Å². The molecule has 2 heterocycles. The maximum atomic E-state index is 10.7. The van der Waals surface area contributed by atoms with Crippen LogP contribution >= 0.6 is 0 Å². The van der Waals surface area contributed by atoms with Gasteiger partial charge in [0.15, 0.2) is 6.61 Å². The fourth-order valence-electron chi connectivity index (χ4n) is 1.90. The highest BCUT2D eigenvalue weighted by Crippen LogP contribution is 2.23. The standard InChI is InChI=1S/C17H15N5O4/c1-11-9-16(25-12-5-3-2-4-6-12)20-17(19-11)26-15-8-7-14(21-22-15)24-10-13(18)23/h2-9H,10H2,1H3,(H2,18,23). The molecule has 0 unspecified atom stereocenters. The molecule has 1 amide bonds. The summed E-state index contributed by atoms with van der Waals surface area (Å²) in [6.07, 6.45) is 0. The molecule has 0 atom stereocenters. The number of nitrogens with two attached hydrogens (primary N) is 1. The van der Waals surface area contributed by atoms with Crippen LogP contribution < -0.4 is 19.9 Å². The molecule has 132 valence electrons. The first-order valence-corrected chi connectivity index (χ1v) is 7.60. The minimum atomic E-state index is -0.605. The molecule has 0 spiro atoms. The van der Waals surface area contributed by atoms with Crippen molar-refractivity contribution in [3.8, 4) is 29.4 Å². The number of rotatable bonds is 7. The number of para-hydroxylation sites is 1. The van der Waals surface area contributed by atoms with E-state index in [4.69, 9.17) is 19.9 Å². The largest absolute Gasteiger partial charge is 0.466 e. The number of ether oxygens (including phenoxy) is 3. The van der Waals surface area contributed by atoms with E-state index in [9.17, 15) is 4.79 Å². The van der Waals surface area contributed by atoms with Gasteiger partial charge in [0.1, 0.15) is 5.75 Å². The van der Waals surface area contributed by atoms with Gasteiger partial charge in [-0.15, -0.1) is 10.2 Å². The summed E-state index contributed by atoms with van der Waals surface area (Å²) in [7, 11) is 0. The number of aromatic nitrogens is 4. The van der Waals surface area contributed by atoms with Crippen LogP contribution in [0.15, 0.2) is 48.5 Å². The van der Waals surface area contributed by atoms with E-state index in [1.54, 1.807) is 13.0 Å². The third-order valence-electron chi connectivity index (χ3n) is 2.95. The highest BCUT2D eigenvalue weighted by Gasteiger charge is 2.09. The Balaban J connectivity index is 1.70. The van der Waals surface area contributed by atoms with Crippen LogP contribution in [0.5, 0.6) is 29.4 Å². The van der Waals surface area contributed by atoms with Gasteiger partial charge in [0.25, 0.3) is 5.91 Å². The van der Waals surface area contributed by atoms with E-state index in [0.29, 0.717) is 17.3 Å². The molecule has 0 radical (unpaired) electrons. The van der Waals surface area contributed by atoms with Gasteiger partial charge in [-0.05, 0) is 19.1 Å². The van der Waals surface area contributed by atoms with Gasteiger partial charge in [0.2, 0.25) is 17.6 Å². The van der Waals surface area contributed by atoms with E-state index in [1.165, 1.54) is 12.1 Å². The lowest BCUT2D eigenvalue weighted by Gasteiger charge is -2.08. The number of hydrogen-bond donors (Lipinski definition) is 1. The summed E-state index contributed by atoms with van der Waals surface area (Å²) < 4.78 is 16.2. The summed E-state index contributed by atoms with van der Waals surface area (Å²) in [6.45, 7) is 1.51. The van der Waals surface area contributed by atoms with Crippen molar-refractivity contribution >= 4 is 5.91 Å². The molecule has 0 aliphatic heterocycles. The van der Waals surface area contributed by atoms with Gasteiger partial charge < -0.3 is 19.9 Å². The van der Waals surface area contributed by atoms with E-state index >= 15 is 0 Å². The molecular formula is C17H15N5O4. The molecule has 1 aromatic carbocycles. The van der Waals surface area contributed by atoms with Crippen molar-refractivity contribution in [2.75, 3.05) is 6.61 Å². The molecule has 3 aromatic rings. The highest BCUT2D eigenvalue weighted by atomic mass is 16.5. The van der Waals surface area contributed by atoms with Crippen LogP contribution in [0.1, 0.15) is 5.69 Å².